The number of urea groups is 1. The Balaban J connectivity index is 1.21. The van der Waals surface area contributed by atoms with Gasteiger partial charge in [0.2, 0.25) is 0 Å². The van der Waals surface area contributed by atoms with Crippen LogP contribution in [0.3, 0.4) is 0 Å². The van der Waals surface area contributed by atoms with Crippen molar-refractivity contribution >= 4 is 17.1 Å². The third-order valence-corrected chi connectivity index (χ3v) is 4.53. The van der Waals surface area contributed by atoms with E-state index in [0.717, 1.165) is 42.7 Å². The van der Waals surface area contributed by atoms with Crippen LogP contribution in [0.25, 0.3) is 11.0 Å². The Morgan fingerprint density at radius 2 is 2.20 bits per heavy atom. The van der Waals surface area contributed by atoms with Gasteiger partial charge in [-0.15, -0.1) is 0 Å². The summed E-state index contributed by atoms with van der Waals surface area (Å²) in [6.07, 6.45) is 6.01. The fraction of sp³-hybridized carbons (Fsp3) is 0.412. The molecule has 1 atom stereocenters. The molecule has 0 saturated carbocycles. The maximum absolute atomic E-state index is 12.0. The zero-order valence-corrected chi connectivity index (χ0v) is 13.9. The second-order valence-corrected chi connectivity index (χ2v) is 6.27. The second kappa shape index (κ2) is 6.92. The van der Waals surface area contributed by atoms with E-state index >= 15 is 0 Å². The largest absolute Gasteiger partial charge is 0.338 e. The van der Waals surface area contributed by atoms with Gasteiger partial charge in [-0.3, -0.25) is 0 Å². The number of carbonyl (C=O) groups is 1. The van der Waals surface area contributed by atoms with Gasteiger partial charge in [0.25, 0.3) is 0 Å². The summed E-state index contributed by atoms with van der Waals surface area (Å²) >= 11 is 0. The Kier molecular flexibility index (Phi) is 4.32. The Hall–Kier alpha value is -2.90. The molecule has 8 heteroatoms. The molecule has 0 fully saturated rings. The molecule has 130 valence electrons. The first-order chi connectivity index (χ1) is 12.3. The van der Waals surface area contributed by atoms with Crippen LogP contribution in [0, 0.1) is 0 Å². The first-order valence-electron chi connectivity index (χ1n) is 8.60. The van der Waals surface area contributed by atoms with E-state index in [-0.39, 0.29) is 12.1 Å². The van der Waals surface area contributed by atoms with Gasteiger partial charge in [0, 0.05) is 19.5 Å². The minimum absolute atomic E-state index is 0.104. The monoisotopic (exact) mass is 339 g/mol. The van der Waals surface area contributed by atoms with Gasteiger partial charge >= 0.3 is 6.03 Å². The molecule has 0 spiro atoms. The van der Waals surface area contributed by atoms with Gasteiger partial charge in [0.15, 0.2) is 0 Å². The molecular weight excluding hydrogens is 318 g/mol. The van der Waals surface area contributed by atoms with E-state index in [9.17, 15) is 4.79 Å². The molecular formula is C17H21N7O. The van der Waals surface area contributed by atoms with Gasteiger partial charge in [-0.25, -0.2) is 19.4 Å². The SMILES string of the molecule is O=C(NCCCn1cnc2ccccc21)N[C@@H]1CCc2ncnn2C1. The highest BCUT2D eigenvalue weighted by Crippen LogP contribution is 2.12. The van der Waals surface area contributed by atoms with E-state index in [0.29, 0.717) is 13.1 Å². The van der Waals surface area contributed by atoms with E-state index in [2.05, 4.69) is 36.3 Å². The summed E-state index contributed by atoms with van der Waals surface area (Å²) in [6, 6.07) is 8.04. The number of nitrogens with one attached hydrogen (secondary N) is 2. The van der Waals surface area contributed by atoms with Crippen LogP contribution in [-0.2, 0) is 19.5 Å². The van der Waals surface area contributed by atoms with Gasteiger partial charge < -0.3 is 15.2 Å². The van der Waals surface area contributed by atoms with Crippen LogP contribution in [-0.4, -0.2) is 42.9 Å². The average molecular weight is 339 g/mol. The number of rotatable bonds is 5. The molecule has 25 heavy (non-hydrogen) atoms. The molecule has 0 radical (unpaired) electrons. The summed E-state index contributed by atoms with van der Waals surface area (Å²) in [5.41, 5.74) is 2.12. The average Bonchev–Trinajstić information content (AvgIpc) is 3.25. The number of hydrogen-bond acceptors (Lipinski definition) is 4. The predicted molar refractivity (Wildman–Crippen MR) is 93.0 cm³/mol. The topological polar surface area (TPSA) is 89.7 Å². The third-order valence-electron chi connectivity index (χ3n) is 4.53. The van der Waals surface area contributed by atoms with Gasteiger partial charge in [-0.05, 0) is 25.0 Å². The molecule has 1 aliphatic rings. The van der Waals surface area contributed by atoms with E-state index in [1.54, 1.807) is 6.33 Å². The molecule has 3 aromatic rings. The molecule has 2 aromatic heterocycles. The summed E-state index contributed by atoms with van der Waals surface area (Å²) in [4.78, 5) is 20.6. The van der Waals surface area contributed by atoms with Crippen LogP contribution in [0.15, 0.2) is 36.9 Å². The highest BCUT2D eigenvalue weighted by molar-refractivity contribution is 5.75. The maximum Gasteiger partial charge on any atom is 0.315 e. The number of amides is 2. The Bertz CT molecular complexity index is 869. The number of fused-ring (bicyclic) bond motifs is 2. The molecule has 2 N–H and O–H groups in total. The number of imidazole rings is 1. The van der Waals surface area contributed by atoms with Gasteiger partial charge in [-0.1, -0.05) is 12.1 Å². The lowest BCUT2D eigenvalue weighted by atomic mass is 10.1. The second-order valence-electron chi connectivity index (χ2n) is 6.27. The van der Waals surface area contributed by atoms with Gasteiger partial charge in [0.05, 0.1) is 29.9 Å². The van der Waals surface area contributed by atoms with Gasteiger partial charge in [0.1, 0.15) is 12.2 Å². The molecule has 3 heterocycles. The fourth-order valence-electron chi connectivity index (χ4n) is 3.23. The minimum Gasteiger partial charge on any atom is -0.338 e. The summed E-state index contributed by atoms with van der Waals surface area (Å²) < 4.78 is 3.97. The summed E-state index contributed by atoms with van der Waals surface area (Å²) in [7, 11) is 0. The minimum atomic E-state index is -0.121. The van der Waals surface area contributed by atoms with E-state index in [4.69, 9.17) is 0 Å². The highest BCUT2D eigenvalue weighted by atomic mass is 16.2. The Morgan fingerprint density at radius 1 is 1.28 bits per heavy atom. The van der Waals surface area contributed by atoms with Crippen molar-refractivity contribution in [3.05, 3.63) is 42.7 Å². The zero-order valence-electron chi connectivity index (χ0n) is 13.9. The molecule has 8 nitrogen and oxygen atoms in total. The summed E-state index contributed by atoms with van der Waals surface area (Å²) in [6.45, 7) is 2.13. The molecule has 0 unspecified atom stereocenters. The number of aryl methyl sites for hydroxylation is 2. The highest BCUT2D eigenvalue weighted by Gasteiger charge is 2.20. The van der Waals surface area contributed by atoms with E-state index in [1.165, 1.54) is 0 Å². The van der Waals surface area contributed by atoms with Crippen LogP contribution in [0.2, 0.25) is 0 Å². The molecule has 4 rings (SSSR count). The maximum atomic E-state index is 12.0. The zero-order chi connectivity index (χ0) is 17.1. The summed E-state index contributed by atoms with van der Waals surface area (Å²) in [5, 5.41) is 10.1. The molecule has 0 aliphatic carbocycles. The molecule has 0 bridgehead atoms. The predicted octanol–water partition coefficient (Wildman–Crippen LogP) is 1.33. The van der Waals surface area contributed by atoms with Crippen molar-refractivity contribution in [2.45, 2.75) is 38.4 Å². The van der Waals surface area contributed by atoms with Gasteiger partial charge in [-0.2, -0.15) is 5.10 Å². The lowest BCUT2D eigenvalue weighted by molar-refractivity contribution is 0.231. The molecule has 0 saturated heterocycles. The van der Waals surface area contributed by atoms with Crippen molar-refractivity contribution in [3.8, 4) is 0 Å². The standard InChI is InChI=1S/C17H21N7O/c25-17(22-13-6-7-16-19-11-21-24(16)10-13)18-8-3-9-23-12-20-14-4-1-2-5-15(14)23/h1-2,4-5,11-13H,3,6-10H2,(H2,18,22,25)/t13-/m1/s1. The van der Waals surface area contributed by atoms with Crippen LogP contribution >= 0.6 is 0 Å². The van der Waals surface area contributed by atoms with Crippen molar-refractivity contribution in [1.82, 2.24) is 34.9 Å². The lowest BCUT2D eigenvalue weighted by Crippen LogP contribution is -2.46. The number of para-hydroxylation sites is 2. The van der Waals surface area contributed by atoms with Crippen LogP contribution in [0.4, 0.5) is 4.79 Å². The fourth-order valence-corrected chi connectivity index (χ4v) is 3.23. The van der Waals surface area contributed by atoms with Crippen LogP contribution in [0.1, 0.15) is 18.7 Å². The number of benzene rings is 1. The first kappa shape index (κ1) is 15.6. The quantitative estimate of drug-likeness (QED) is 0.686. The first-order valence-corrected chi connectivity index (χ1v) is 8.60. The third kappa shape index (κ3) is 3.47. The molecule has 1 aromatic carbocycles. The van der Waals surface area contributed by atoms with Crippen molar-refractivity contribution < 1.29 is 4.79 Å². The van der Waals surface area contributed by atoms with Crippen molar-refractivity contribution in [2.75, 3.05) is 6.54 Å². The Morgan fingerprint density at radius 3 is 3.16 bits per heavy atom. The number of nitrogens with zero attached hydrogens (tertiary/aromatic N) is 5. The summed E-state index contributed by atoms with van der Waals surface area (Å²) in [5.74, 6) is 0.992. The molecule has 2 amide bonds. The smallest absolute Gasteiger partial charge is 0.315 e. The normalized spacial score (nSPS) is 16.6. The Labute approximate surface area is 145 Å². The number of aromatic nitrogens is 5. The number of hydrogen-bond donors (Lipinski definition) is 2. The van der Waals surface area contributed by atoms with Crippen molar-refractivity contribution in [1.29, 1.82) is 0 Å². The van der Waals surface area contributed by atoms with Crippen LogP contribution in [0.5, 0.6) is 0 Å². The van der Waals surface area contributed by atoms with Crippen LogP contribution < -0.4 is 10.6 Å². The molecule has 1 aliphatic heterocycles. The lowest BCUT2D eigenvalue weighted by Gasteiger charge is -2.23. The van der Waals surface area contributed by atoms with E-state index in [1.807, 2.05) is 29.2 Å². The number of carbonyl (C=O) groups excluding carboxylic acids is 1. The van der Waals surface area contributed by atoms with Crippen molar-refractivity contribution in [3.63, 3.8) is 0 Å². The van der Waals surface area contributed by atoms with E-state index < -0.39 is 0 Å². The van der Waals surface area contributed by atoms with Crippen molar-refractivity contribution in [2.24, 2.45) is 0 Å².